The van der Waals surface area contributed by atoms with E-state index in [1.54, 1.807) is 13.2 Å². The van der Waals surface area contributed by atoms with Crippen molar-refractivity contribution in [1.29, 1.82) is 0 Å². The summed E-state index contributed by atoms with van der Waals surface area (Å²) in [6.45, 7) is 4.18. The minimum absolute atomic E-state index is 0.0510. The van der Waals surface area contributed by atoms with Crippen LogP contribution in [-0.4, -0.2) is 43.3 Å². The van der Waals surface area contributed by atoms with Crippen LogP contribution < -0.4 is 4.74 Å². The van der Waals surface area contributed by atoms with Gasteiger partial charge in [0.25, 0.3) is 0 Å². The van der Waals surface area contributed by atoms with Crippen molar-refractivity contribution in [2.24, 2.45) is 5.92 Å². The van der Waals surface area contributed by atoms with E-state index < -0.39 is 18.2 Å². The minimum atomic E-state index is -0.692. The molecule has 0 bridgehead atoms. The standard InChI is InChI=1S/C20H24O6/c1-20(2)25-18-15-10-14(8-9-16(21)17(15)24-19(18)26-20)23-11-12-4-6-13(22-3)7-5-12/h4-9,14-15,17-19H,10-11H2,1-3H3/t14-,15-,17+,18-,19-/m1/s1. The number of fused-ring (bicyclic) bond motifs is 3. The molecule has 1 aliphatic carbocycles. The number of hydrogen-bond donors (Lipinski definition) is 0. The quantitative estimate of drug-likeness (QED) is 0.822. The number of ketones is 1. The average molecular weight is 360 g/mol. The van der Waals surface area contributed by atoms with Gasteiger partial charge in [-0.2, -0.15) is 0 Å². The van der Waals surface area contributed by atoms with E-state index in [1.165, 1.54) is 0 Å². The molecule has 5 atom stereocenters. The van der Waals surface area contributed by atoms with Crippen molar-refractivity contribution in [3.8, 4) is 5.75 Å². The molecule has 0 amide bonds. The zero-order chi connectivity index (χ0) is 18.3. The smallest absolute Gasteiger partial charge is 0.188 e. The third-order valence-electron chi connectivity index (χ3n) is 5.06. The van der Waals surface area contributed by atoms with Gasteiger partial charge in [-0.1, -0.05) is 18.2 Å². The van der Waals surface area contributed by atoms with E-state index in [4.69, 9.17) is 23.7 Å². The highest BCUT2D eigenvalue weighted by Crippen LogP contribution is 2.44. The van der Waals surface area contributed by atoms with Crippen LogP contribution in [0.5, 0.6) is 5.75 Å². The molecule has 0 unspecified atom stereocenters. The second kappa shape index (κ2) is 6.78. The van der Waals surface area contributed by atoms with Crippen LogP contribution in [0.25, 0.3) is 0 Å². The van der Waals surface area contributed by atoms with Gasteiger partial charge in [-0.15, -0.1) is 0 Å². The summed E-state index contributed by atoms with van der Waals surface area (Å²) >= 11 is 0. The number of hydrogen-bond acceptors (Lipinski definition) is 6. The normalized spacial score (nSPS) is 35.0. The third-order valence-corrected chi connectivity index (χ3v) is 5.06. The van der Waals surface area contributed by atoms with Gasteiger partial charge in [-0.3, -0.25) is 4.79 Å². The Morgan fingerprint density at radius 3 is 2.69 bits per heavy atom. The molecule has 6 heteroatoms. The highest BCUT2D eigenvalue weighted by molar-refractivity contribution is 5.94. The summed E-state index contributed by atoms with van der Waals surface area (Å²) in [6.07, 6.45) is 2.61. The molecule has 0 saturated carbocycles. The maximum absolute atomic E-state index is 12.4. The van der Waals surface area contributed by atoms with Gasteiger partial charge in [0.05, 0.1) is 19.8 Å². The zero-order valence-electron chi connectivity index (χ0n) is 15.2. The van der Waals surface area contributed by atoms with Gasteiger partial charge >= 0.3 is 0 Å². The number of rotatable bonds is 4. The number of benzene rings is 1. The van der Waals surface area contributed by atoms with Gasteiger partial charge in [-0.05, 0) is 44.0 Å². The topological polar surface area (TPSA) is 63.2 Å². The second-order valence-electron chi connectivity index (χ2n) is 7.38. The predicted molar refractivity (Wildman–Crippen MR) is 92.5 cm³/mol. The van der Waals surface area contributed by atoms with Crippen LogP contribution in [0, 0.1) is 5.92 Å². The maximum Gasteiger partial charge on any atom is 0.188 e. The molecule has 1 aromatic rings. The SMILES string of the molecule is COc1ccc(CO[C@@H]2C=CC(=O)[C@H]3O[C@@H]4OC(C)(C)O[C@@H]4[C@@H]3C2)cc1. The van der Waals surface area contributed by atoms with E-state index in [1.807, 2.05) is 44.2 Å². The van der Waals surface area contributed by atoms with Crippen molar-refractivity contribution in [3.05, 3.63) is 42.0 Å². The van der Waals surface area contributed by atoms with Crippen LogP contribution >= 0.6 is 0 Å². The van der Waals surface area contributed by atoms with Crippen molar-refractivity contribution in [2.75, 3.05) is 7.11 Å². The average Bonchev–Trinajstić information content (AvgIpc) is 3.04. The van der Waals surface area contributed by atoms with Gasteiger partial charge < -0.3 is 23.7 Å². The molecule has 0 N–H and O–H groups in total. The molecule has 0 spiro atoms. The lowest BCUT2D eigenvalue weighted by Gasteiger charge is -2.25. The third kappa shape index (κ3) is 3.42. The Hall–Kier alpha value is -1.73. The van der Waals surface area contributed by atoms with Crippen molar-refractivity contribution in [3.63, 3.8) is 0 Å². The Balaban J connectivity index is 1.43. The lowest BCUT2D eigenvalue weighted by molar-refractivity contribution is -0.209. The summed E-state index contributed by atoms with van der Waals surface area (Å²) in [5.41, 5.74) is 1.05. The van der Waals surface area contributed by atoms with E-state index in [2.05, 4.69) is 0 Å². The first-order valence-electron chi connectivity index (χ1n) is 8.93. The Labute approximate surface area is 153 Å². The van der Waals surface area contributed by atoms with Gasteiger partial charge in [0.15, 0.2) is 17.9 Å². The molecule has 26 heavy (non-hydrogen) atoms. The molecular formula is C20H24O6. The van der Waals surface area contributed by atoms with Gasteiger partial charge in [0, 0.05) is 5.92 Å². The lowest BCUT2D eigenvalue weighted by Crippen LogP contribution is -2.34. The molecule has 4 rings (SSSR count). The summed E-state index contributed by atoms with van der Waals surface area (Å²) in [7, 11) is 1.64. The number of carbonyl (C=O) groups is 1. The van der Waals surface area contributed by atoms with Crippen LogP contribution in [-0.2, 0) is 30.3 Å². The number of methoxy groups -OCH3 is 1. The van der Waals surface area contributed by atoms with E-state index in [0.717, 1.165) is 11.3 Å². The van der Waals surface area contributed by atoms with Crippen molar-refractivity contribution >= 4 is 5.78 Å². The predicted octanol–water partition coefficient (Wildman–Crippen LogP) is 2.60. The fourth-order valence-electron chi connectivity index (χ4n) is 3.80. The molecule has 1 aromatic carbocycles. The maximum atomic E-state index is 12.4. The molecule has 0 radical (unpaired) electrons. The minimum Gasteiger partial charge on any atom is -0.497 e. The number of ether oxygens (including phenoxy) is 5. The van der Waals surface area contributed by atoms with Crippen LogP contribution in [0.3, 0.4) is 0 Å². The zero-order valence-corrected chi connectivity index (χ0v) is 15.2. The highest BCUT2D eigenvalue weighted by Gasteiger charge is 2.56. The molecule has 0 aromatic heterocycles. The molecule has 2 saturated heterocycles. The largest absolute Gasteiger partial charge is 0.497 e. The molecule has 3 aliphatic rings. The highest BCUT2D eigenvalue weighted by atomic mass is 16.8. The van der Waals surface area contributed by atoms with E-state index >= 15 is 0 Å². The second-order valence-corrected chi connectivity index (χ2v) is 7.38. The molecule has 2 fully saturated rings. The van der Waals surface area contributed by atoms with Crippen LogP contribution in [0.2, 0.25) is 0 Å². The van der Waals surface area contributed by atoms with Crippen LogP contribution in [0.4, 0.5) is 0 Å². The van der Waals surface area contributed by atoms with Crippen LogP contribution in [0.1, 0.15) is 25.8 Å². The fraction of sp³-hybridized carbons (Fsp3) is 0.550. The van der Waals surface area contributed by atoms with E-state index in [9.17, 15) is 4.79 Å². The van der Waals surface area contributed by atoms with Crippen molar-refractivity contribution in [2.45, 2.75) is 57.3 Å². The van der Waals surface area contributed by atoms with Crippen molar-refractivity contribution in [1.82, 2.24) is 0 Å². The summed E-state index contributed by atoms with van der Waals surface area (Å²) < 4.78 is 28.8. The van der Waals surface area contributed by atoms with Crippen LogP contribution in [0.15, 0.2) is 36.4 Å². The fourth-order valence-corrected chi connectivity index (χ4v) is 3.80. The molecule has 2 heterocycles. The Kier molecular flexibility index (Phi) is 4.61. The summed E-state index contributed by atoms with van der Waals surface area (Å²) in [5.74, 6) is -0.00972. The summed E-state index contributed by atoms with van der Waals surface area (Å²) in [5, 5.41) is 0. The molecule has 6 nitrogen and oxygen atoms in total. The Morgan fingerprint density at radius 2 is 1.96 bits per heavy atom. The first-order valence-corrected chi connectivity index (χ1v) is 8.93. The van der Waals surface area contributed by atoms with Gasteiger partial charge in [0.2, 0.25) is 0 Å². The Bertz CT molecular complexity index is 695. The Morgan fingerprint density at radius 1 is 1.19 bits per heavy atom. The first-order chi connectivity index (χ1) is 12.4. The van der Waals surface area contributed by atoms with E-state index in [-0.39, 0.29) is 23.9 Å². The summed E-state index contributed by atoms with van der Waals surface area (Å²) in [6, 6.07) is 7.75. The van der Waals surface area contributed by atoms with E-state index in [0.29, 0.717) is 13.0 Å². The lowest BCUT2D eigenvalue weighted by atomic mass is 9.92. The summed E-state index contributed by atoms with van der Waals surface area (Å²) in [4.78, 5) is 12.4. The molecular weight excluding hydrogens is 336 g/mol. The van der Waals surface area contributed by atoms with Gasteiger partial charge in [-0.25, -0.2) is 0 Å². The number of carbonyl (C=O) groups excluding carboxylic acids is 1. The van der Waals surface area contributed by atoms with Crippen molar-refractivity contribution < 1.29 is 28.5 Å². The monoisotopic (exact) mass is 360 g/mol. The molecule has 2 aliphatic heterocycles. The molecule has 140 valence electrons. The first kappa shape index (κ1) is 17.7. The van der Waals surface area contributed by atoms with Gasteiger partial charge in [0.1, 0.15) is 18.0 Å².